The van der Waals surface area contributed by atoms with Crippen LogP contribution in [-0.2, 0) is 6.42 Å². The number of anilines is 4. The second kappa shape index (κ2) is 79.3. The molecule has 1 aromatic heterocycles. The van der Waals surface area contributed by atoms with E-state index in [0.29, 0.717) is 91.9 Å². The molecular formula is C107H189N5O6. The van der Waals surface area contributed by atoms with Gasteiger partial charge in [-0.25, -0.2) is 0 Å². The molecular weight excluding hydrogens is 1450 g/mol. The second-order valence-electron chi connectivity index (χ2n) is 35.6. The molecule has 11 heteroatoms. The summed E-state index contributed by atoms with van der Waals surface area (Å²) in [5.74, 6) is 5.59. The second-order valence-corrected chi connectivity index (χ2v) is 35.6. The summed E-state index contributed by atoms with van der Waals surface area (Å²) in [7, 11) is 0. The van der Waals surface area contributed by atoms with E-state index in [0.717, 1.165) is 100 Å². The minimum atomic E-state index is 0.408. The van der Waals surface area contributed by atoms with Crippen molar-refractivity contribution < 1.29 is 28.4 Å². The number of aryl methyl sites for hydroxylation is 1. The van der Waals surface area contributed by atoms with Crippen LogP contribution in [0.5, 0.6) is 34.5 Å². The Hall–Kier alpha value is -4.93. The molecule has 1 heterocycles. The molecule has 11 nitrogen and oxygen atoms in total. The average molecular weight is 1640 g/mol. The van der Waals surface area contributed by atoms with E-state index in [1.165, 1.54) is 391 Å². The molecule has 118 heavy (non-hydrogen) atoms. The molecule has 0 bridgehead atoms. The van der Waals surface area contributed by atoms with Crippen molar-refractivity contribution >= 4 is 23.3 Å². The number of rotatable bonds is 90. The number of hydrogen-bond acceptors (Lipinski definition) is 11. The minimum Gasteiger partial charge on any atom is -0.489 e. The van der Waals surface area contributed by atoms with Crippen LogP contribution in [0.2, 0.25) is 0 Å². The number of hydrogen-bond donors (Lipinski definition) is 2. The van der Waals surface area contributed by atoms with Crippen LogP contribution < -0.4 is 39.1 Å². The maximum Gasteiger partial charge on any atom is 0.232 e. The Morgan fingerprint density at radius 2 is 0.381 bits per heavy atom. The molecule has 0 saturated heterocycles. The molecule has 0 aliphatic rings. The van der Waals surface area contributed by atoms with Crippen molar-refractivity contribution in [1.82, 2.24) is 15.0 Å². The molecule has 0 unspecified atom stereocenters. The van der Waals surface area contributed by atoms with Crippen molar-refractivity contribution in [3.63, 3.8) is 0 Å². The normalized spacial score (nSPS) is 11.5. The summed E-state index contributed by atoms with van der Waals surface area (Å²) in [4.78, 5) is 15.8. The van der Waals surface area contributed by atoms with Gasteiger partial charge in [0.05, 0.1) is 39.6 Å². The molecule has 0 saturated carbocycles. The molecule has 0 aliphatic carbocycles. The first kappa shape index (κ1) is 105. The molecule has 0 atom stereocenters. The van der Waals surface area contributed by atoms with Gasteiger partial charge in [-0.1, -0.05) is 497 Å². The number of aromatic nitrogens is 3. The third-order valence-electron chi connectivity index (χ3n) is 24.3. The van der Waals surface area contributed by atoms with Gasteiger partial charge in [0.25, 0.3) is 0 Å². The van der Waals surface area contributed by atoms with Crippen molar-refractivity contribution in [3.8, 4) is 45.9 Å². The Morgan fingerprint density at radius 3 is 0.568 bits per heavy atom. The third kappa shape index (κ3) is 57.4. The molecule has 2 N–H and O–H groups in total. The van der Waals surface area contributed by atoms with Crippen LogP contribution in [0.25, 0.3) is 11.4 Å². The Kier molecular flexibility index (Phi) is 70.8. The smallest absolute Gasteiger partial charge is 0.232 e. The Balaban J connectivity index is 1.72. The number of unbranched alkanes of at least 4 members (excludes halogenated alkanes) is 66. The first-order valence-corrected chi connectivity index (χ1v) is 52.0. The van der Waals surface area contributed by atoms with Crippen LogP contribution in [0, 0.1) is 0 Å². The Bertz CT molecular complexity index is 2570. The number of nitrogens with zero attached hydrogens (tertiary/aromatic N) is 3. The van der Waals surface area contributed by atoms with E-state index >= 15 is 0 Å². The van der Waals surface area contributed by atoms with E-state index in [1.54, 1.807) is 0 Å². The fourth-order valence-electron chi connectivity index (χ4n) is 16.5. The van der Waals surface area contributed by atoms with Gasteiger partial charge in [0.2, 0.25) is 23.4 Å². The monoisotopic (exact) mass is 1640 g/mol. The maximum absolute atomic E-state index is 6.96. The highest BCUT2D eigenvalue weighted by atomic mass is 16.5. The summed E-state index contributed by atoms with van der Waals surface area (Å²) >= 11 is 0. The van der Waals surface area contributed by atoms with Crippen molar-refractivity contribution in [1.29, 1.82) is 0 Å². The molecule has 0 spiro atoms. The van der Waals surface area contributed by atoms with Crippen LogP contribution >= 0.6 is 0 Å². The van der Waals surface area contributed by atoms with Crippen molar-refractivity contribution in [2.45, 2.75) is 517 Å². The van der Waals surface area contributed by atoms with Gasteiger partial charge in [-0.05, 0) is 50.5 Å². The molecule has 0 amide bonds. The van der Waals surface area contributed by atoms with E-state index in [4.69, 9.17) is 43.4 Å². The zero-order valence-corrected chi connectivity index (χ0v) is 78.8. The van der Waals surface area contributed by atoms with Gasteiger partial charge in [-0.3, -0.25) is 0 Å². The zero-order valence-electron chi connectivity index (χ0n) is 78.8. The lowest BCUT2D eigenvalue weighted by Gasteiger charge is -2.20. The van der Waals surface area contributed by atoms with E-state index in [1.807, 2.05) is 0 Å². The van der Waals surface area contributed by atoms with E-state index < -0.39 is 0 Å². The van der Waals surface area contributed by atoms with Crippen LogP contribution in [0.4, 0.5) is 23.3 Å². The molecule has 0 radical (unpaired) electrons. The Morgan fingerprint density at radius 1 is 0.203 bits per heavy atom. The lowest BCUT2D eigenvalue weighted by atomic mass is 10.1. The predicted molar refractivity (Wildman–Crippen MR) is 514 cm³/mol. The van der Waals surface area contributed by atoms with Gasteiger partial charge in [-0.15, -0.1) is 0 Å². The summed E-state index contributed by atoms with van der Waals surface area (Å²) < 4.78 is 41.7. The molecule has 4 aromatic rings. The standard InChI is InChI=1S/C107H189N5O6/c1-8-15-21-27-33-39-45-51-57-63-69-75-85-113-99-91-97(92-100(114-86-76-70-64-58-52-46-40-34-28-22-16-9-2)103(99)117-89-79-73-67-61-55-49-43-37-31-25-19-12-5)108-106-110-105(96-83-81-95(14-7)82-84-96)111-107(112-106)109-98-93-101(115-87-77-71-65-59-53-47-41-35-29-23-17-10-3)104(118-90-80-74-68-62-56-50-44-38-32-26-20-13-6)102(94-98)116-88-78-72-66-60-54-48-42-36-30-24-18-11-4/h81-84,91-94H,8-80,85-90H2,1-7H3,(H2,108,109,110,111,112). The van der Waals surface area contributed by atoms with Crippen LogP contribution in [0.1, 0.15) is 516 Å². The first-order chi connectivity index (χ1) is 58.5. The van der Waals surface area contributed by atoms with Gasteiger partial charge in [0.1, 0.15) is 0 Å². The summed E-state index contributed by atoms with van der Waals surface area (Å²) in [5.41, 5.74) is 3.71. The lowest BCUT2D eigenvalue weighted by Crippen LogP contribution is -2.09. The maximum atomic E-state index is 6.96. The quantitative estimate of drug-likeness (QED) is 0.0412. The summed E-state index contributed by atoms with van der Waals surface area (Å²) in [6.07, 6.45) is 94.2. The van der Waals surface area contributed by atoms with Gasteiger partial charge in [0, 0.05) is 41.2 Å². The largest absolute Gasteiger partial charge is 0.489 e. The van der Waals surface area contributed by atoms with Gasteiger partial charge < -0.3 is 39.1 Å². The van der Waals surface area contributed by atoms with E-state index in [2.05, 4.69) is 108 Å². The minimum absolute atomic E-state index is 0.408. The van der Waals surface area contributed by atoms with Crippen LogP contribution in [-0.4, -0.2) is 54.6 Å². The van der Waals surface area contributed by atoms with E-state index in [-0.39, 0.29) is 0 Å². The van der Waals surface area contributed by atoms with Gasteiger partial charge in [0.15, 0.2) is 28.8 Å². The highest BCUT2D eigenvalue weighted by Crippen LogP contribution is 2.44. The lowest BCUT2D eigenvalue weighted by molar-refractivity contribution is 0.234. The van der Waals surface area contributed by atoms with Crippen LogP contribution in [0.3, 0.4) is 0 Å². The van der Waals surface area contributed by atoms with Crippen LogP contribution in [0.15, 0.2) is 48.5 Å². The first-order valence-electron chi connectivity index (χ1n) is 52.0. The third-order valence-corrected chi connectivity index (χ3v) is 24.3. The summed E-state index contributed by atoms with van der Waals surface area (Å²) in [6.45, 7) is 19.7. The molecule has 3 aromatic carbocycles. The number of nitrogens with one attached hydrogen (secondary N) is 2. The molecule has 678 valence electrons. The zero-order chi connectivity index (χ0) is 83.8. The van der Waals surface area contributed by atoms with Crippen molar-refractivity contribution in [2.24, 2.45) is 0 Å². The van der Waals surface area contributed by atoms with Gasteiger partial charge >= 0.3 is 0 Å². The fourth-order valence-corrected chi connectivity index (χ4v) is 16.5. The number of benzene rings is 3. The van der Waals surface area contributed by atoms with Crippen molar-refractivity contribution in [3.05, 3.63) is 54.1 Å². The summed E-state index contributed by atoms with van der Waals surface area (Å²) in [6, 6.07) is 17.0. The number of ether oxygens (including phenoxy) is 6. The molecule has 0 aliphatic heterocycles. The average Bonchev–Trinajstić information content (AvgIpc) is 0.804. The summed E-state index contributed by atoms with van der Waals surface area (Å²) in [5, 5.41) is 7.45. The molecule has 0 fully saturated rings. The van der Waals surface area contributed by atoms with Gasteiger partial charge in [-0.2, -0.15) is 15.0 Å². The topological polar surface area (TPSA) is 118 Å². The SMILES string of the molecule is CCCCCCCCCCCCCCOc1cc(Nc2nc(Nc3cc(OCCCCCCCCCCCCCC)c(OCCCCCCCCCCCCCC)c(OCCCCCCCCCCCCCC)c3)nc(-c3ccc(CC)cc3)n2)cc(OCCCCCCCCCCCCCC)c1OCCCCCCCCCCCCCC. The Labute approximate surface area is 729 Å². The highest BCUT2D eigenvalue weighted by molar-refractivity contribution is 5.70. The molecule has 4 rings (SSSR count). The highest BCUT2D eigenvalue weighted by Gasteiger charge is 2.22. The van der Waals surface area contributed by atoms with E-state index in [9.17, 15) is 0 Å². The van der Waals surface area contributed by atoms with Crippen molar-refractivity contribution in [2.75, 3.05) is 50.3 Å². The predicted octanol–water partition coefficient (Wildman–Crippen LogP) is 36.1. The fraction of sp³-hybridized carbons (Fsp3) is 0.804.